The van der Waals surface area contributed by atoms with Gasteiger partial charge in [-0.05, 0) is 30.7 Å². The lowest BCUT2D eigenvalue weighted by molar-refractivity contribution is -0.120. The van der Waals surface area contributed by atoms with Gasteiger partial charge in [0.05, 0.1) is 19.1 Å². The van der Waals surface area contributed by atoms with Gasteiger partial charge in [0.25, 0.3) is 0 Å². The van der Waals surface area contributed by atoms with E-state index in [0.29, 0.717) is 18.7 Å². The predicted molar refractivity (Wildman–Crippen MR) is 85.7 cm³/mol. The van der Waals surface area contributed by atoms with E-state index in [0.717, 1.165) is 44.0 Å². The van der Waals surface area contributed by atoms with E-state index in [2.05, 4.69) is 17.1 Å². The van der Waals surface area contributed by atoms with Crippen molar-refractivity contribution in [3.8, 4) is 11.5 Å². The molecule has 0 unspecified atom stereocenters. The summed E-state index contributed by atoms with van der Waals surface area (Å²) in [6.07, 6.45) is 1.42. The van der Waals surface area contributed by atoms with Gasteiger partial charge < -0.3 is 19.5 Å². The molecule has 3 rings (SSSR count). The summed E-state index contributed by atoms with van der Waals surface area (Å²) in [4.78, 5) is 14.4. The van der Waals surface area contributed by atoms with Crippen LogP contribution in [0.5, 0.6) is 11.5 Å². The van der Waals surface area contributed by atoms with E-state index in [1.807, 2.05) is 18.2 Å². The Kier molecular flexibility index (Phi) is 5.35. The summed E-state index contributed by atoms with van der Waals surface area (Å²) in [6, 6.07) is 5.61. The standard InChI is InChI=1S/C17H24N2O4/c1-2-19-7-8-21-14(11-19)5-6-18-17(20)10-13-3-4-15-16(9-13)23-12-22-15/h3-4,9,14H,2,5-8,10-12H2,1H3,(H,18,20)/t14-/m1/s1. The number of likely N-dealkylation sites (N-methyl/N-ethyl adjacent to an activating group) is 1. The van der Waals surface area contributed by atoms with Crippen molar-refractivity contribution in [3.63, 3.8) is 0 Å². The molecule has 2 heterocycles. The molecular formula is C17H24N2O4. The molecule has 2 aliphatic heterocycles. The third-order valence-corrected chi connectivity index (χ3v) is 4.26. The van der Waals surface area contributed by atoms with Crippen LogP contribution in [0, 0.1) is 0 Å². The molecular weight excluding hydrogens is 296 g/mol. The molecule has 6 heteroatoms. The highest BCUT2D eigenvalue weighted by molar-refractivity contribution is 5.78. The van der Waals surface area contributed by atoms with Crippen molar-refractivity contribution < 1.29 is 19.0 Å². The van der Waals surface area contributed by atoms with E-state index in [1.54, 1.807) is 0 Å². The number of morpholine rings is 1. The lowest BCUT2D eigenvalue weighted by Gasteiger charge is -2.32. The second kappa shape index (κ2) is 7.66. The Morgan fingerprint density at radius 2 is 2.22 bits per heavy atom. The van der Waals surface area contributed by atoms with E-state index in [1.165, 1.54) is 0 Å². The van der Waals surface area contributed by atoms with Crippen LogP contribution in [0.25, 0.3) is 0 Å². The van der Waals surface area contributed by atoms with Crippen molar-refractivity contribution in [2.24, 2.45) is 0 Å². The molecule has 0 saturated carbocycles. The first-order chi connectivity index (χ1) is 11.2. The van der Waals surface area contributed by atoms with Crippen molar-refractivity contribution in [2.75, 3.05) is 39.6 Å². The molecule has 0 spiro atoms. The van der Waals surface area contributed by atoms with Gasteiger partial charge >= 0.3 is 0 Å². The first-order valence-corrected chi connectivity index (χ1v) is 8.24. The zero-order valence-electron chi connectivity index (χ0n) is 13.5. The number of carbonyl (C=O) groups excluding carboxylic acids is 1. The first-order valence-electron chi connectivity index (χ1n) is 8.24. The van der Waals surface area contributed by atoms with Crippen LogP contribution in [-0.2, 0) is 16.0 Å². The highest BCUT2D eigenvalue weighted by Crippen LogP contribution is 2.32. The Bertz CT molecular complexity index is 549. The number of benzene rings is 1. The average molecular weight is 320 g/mol. The molecule has 0 aromatic heterocycles. The number of amides is 1. The lowest BCUT2D eigenvalue weighted by Crippen LogP contribution is -2.43. The molecule has 126 valence electrons. The summed E-state index contributed by atoms with van der Waals surface area (Å²) < 4.78 is 16.3. The van der Waals surface area contributed by atoms with Crippen molar-refractivity contribution in [3.05, 3.63) is 23.8 Å². The number of nitrogens with one attached hydrogen (secondary N) is 1. The smallest absolute Gasteiger partial charge is 0.231 e. The van der Waals surface area contributed by atoms with Crippen LogP contribution in [0.2, 0.25) is 0 Å². The molecule has 0 radical (unpaired) electrons. The maximum Gasteiger partial charge on any atom is 0.231 e. The number of rotatable bonds is 6. The number of hydrogen-bond acceptors (Lipinski definition) is 5. The van der Waals surface area contributed by atoms with E-state index < -0.39 is 0 Å². The van der Waals surface area contributed by atoms with Crippen molar-refractivity contribution in [2.45, 2.75) is 25.9 Å². The lowest BCUT2D eigenvalue weighted by atomic mass is 10.1. The maximum absolute atomic E-state index is 12.0. The Labute approximate surface area is 136 Å². The zero-order valence-corrected chi connectivity index (χ0v) is 13.5. The molecule has 0 bridgehead atoms. The van der Waals surface area contributed by atoms with Crippen LogP contribution in [0.1, 0.15) is 18.9 Å². The SMILES string of the molecule is CCN1CCO[C@H](CCNC(=O)Cc2ccc3c(c2)OCO3)C1. The average Bonchev–Trinajstić information content (AvgIpc) is 3.02. The van der Waals surface area contributed by atoms with Crippen LogP contribution >= 0.6 is 0 Å². The third-order valence-electron chi connectivity index (χ3n) is 4.26. The molecule has 1 atom stereocenters. The minimum atomic E-state index is 0.0204. The van der Waals surface area contributed by atoms with E-state index in [9.17, 15) is 4.79 Å². The summed E-state index contributed by atoms with van der Waals surface area (Å²) >= 11 is 0. The van der Waals surface area contributed by atoms with Crippen LogP contribution < -0.4 is 14.8 Å². The molecule has 23 heavy (non-hydrogen) atoms. The molecule has 1 aromatic rings. The number of ether oxygens (including phenoxy) is 3. The predicted octanol–water partition coefficient (Wildman–Crippen LogP) is 1.18. The summed E-state index contributed by atoms with van der Waals surface area (Å²) in [5.41, 5.74) is 0.929. The summed E-state index contributed by atoms with van der Waals surface area (Å²) in [5, 5.41) is 2.97. The number of carbonyl (C=O) groups is 1. The second-order valence-corrected chi connectivity index (χ2v) is 5.89. The normalized spacial score (nSPS) is 20.5. The van der Waals surface area contributed by atoms with Crippen molar-refractivity contribution >= 4 is 5.91 Å². The van der Waals surface area contributed by atoms with E-state index in [4.69, 9.17) is 14.2 Å². The molecule has 0 aliphatic carbocycles. The van der Waals surface area contributed by atoms with Gasteiger partial charge in [-0.2, -0.15) is 0 Å². The molecule has 1 saturated heterocycles. The molecule has 1 fully saturated rings. The fourth-order valence-corrected chi connectivity index (χ4v) is 2.91. The summed E-state index contributed by atoms with van der Waals surface area (Å²) in [6.45, 7) is 6.85. The fraction of sp³-hybridized carbons (Fsp3) is 0.588. The van der Waals surface area contributed by atoms with E-state index >= 15 is 0 Å². The quantitative estimate of drug-likeness (QED) is 0.853. The Hall–Kier alpha value is -1.79. The van der Waals surface area contributed by atoms with Crippen LogP contribution in [-0.4, -0.2) is 56.5 Å². The highest BCUT2D eigenvalue weighted by Gasteiger charge is 2.19. The Balaban J connectivity index is 1.39. The summed E-state index contributed by atoms with van der Waals surface area (Å²) in [7, 11) is 0. The molecule has 1 amide bonds. The zero-order chi connectivity index (χ0) is 16.1. The van der Waals surface area contributed by atoms with Gasteiger partial charge in [0.15, 0.2) is 11.5 Å². The van der Waals surface area contributed by atoms with Crippen molar-refractivity contribution in [1.82, 2.24) is 10.2 Å². The Morgan fingerprint density at radius 1 is 1.35 bits per heavy atom. The maximum atomic E-state index is 12.0. The molecule has 1 N–H and O–H groups in total. The third kappa shape index (κ3) is 4.36. The number of hydrogen-bond donors (Lipinski definition) is 1. The molecule has 1 aromatic carbocycles. The van der Waals surface area contributed by atoms with E-state index in [-0.39, 0.29) is 18.8 Å². The second-order valence-electron chi connectivity index (χ2n) is 5.89. The summed E-state index contributed by atoms with van der Waals surface area (Å²) in [5.74, 6) is 1.47. The van der Waals surface area contributed by atoms with Crippen LogP contribution in [0.4, 0.5) is 0 Å². The van der Waals surface area contributed by atoms with Gasteiger partial charge in [-0.1, -0.05) is 13.0 Å². The van der Waals surface area contributed by atoms with Crippen LogP contribution in [0.3, 0.4) is 0 Å². The van der Waals surface area contributed by atoms with Gasteiger partial charge in [0.1, 0.15) is 0 Å². The molecule has 6 nitrogen and oxygen atoms in total. The number of nitrogens with zero attached hydrogens (tertiary/aromatic N) is 1. The largest absolute Gasteiger partial charge is 0.454 e. The van der Waals surface area contributed by atoms with Gasteiger partial charge in [-0.3, -0.25) is 9.69 Å². The van der Waals surface area contributed by atoms with Crippen molar-refractivity contribution in [1.29, 1.82) is 0 Å². The minimum Gasteiger partial charge on any atom is -0.454 e. The first kappa shape index (κ1) is 16.1. The Morgan fingerprint density at radius 3 is 3.09 bits per heavy atom. The van der Waals surface area contributed by atoms with Gasteiger partial charge in [0.2, 0.25) is 12.7 Å². The highest BCUT2D eigenvalue weighted by atomic mass is 16.7. The van der Waals surface area contributed by atoms with Gasteiger partial charge in [0, 0.05) is 19.6 Å². The molecule has 2 aliphatic rings. The minimum absolute atomic E-state index is 0.0204. The van der Waals surface area contributed by atoms with Crippen LogP contribution in [0.15, 0.2) is 18.2 Å². The fourth-order valence-electron chi connectivity index (χ4n) is 2.91. The number of fused-ring (bicyclic) bond motifs is 1. The topological polar surface area (TPSA) is 60.0 Å². The van der Waals surface area contributed by atoms with Gasteiger partial charge in [-0.15, -0.1) is 0 Å². The van der Waals surface area contributed by atoms with Gasteiger partial charge in [-0.25, -0.2) is 0 Å². The monoisotopic (exact) mass is 320 g/mol.